The summed E-state index contributed by atoms with van der Waals surface area (Å²) in [6.07, 6.45) is 5.08. The van der Waals surface area contributed by atoms with Crippen LogP contribution in [0.2, 0.25) is 0 Å². The molecular formula is C11H15NO5S. The normalized spacial score (nSPS) is 21.2. The van der Waals surface area contributed by atoms with Crippen molar-refractivity contribution in [3.05, 3.63) is 0 Å². The average molecular weight is 273 g/mol. The molecule has 18 heavy (non-hydrogen) atoms. The van der Waals surface area contributed by atoms with E-state index in [1.54, 1.807) is 0 Å². The summed E-state index contributed by atoms with van der Waals surface area (Å²) in [5, 5.41) is 8.52. The van der Waals surface area contributed by atoms with Crippen LogP contribution in [0.15, 0.2) is 0 Å². The Morgan fingerprint density at radius 3 is 2.50 bits per heavy atom. The molecule has 1 atom stereocenters. The Morgan fingerprint density at radius 2 is 2.06 bits per heavy atom. The molecule has 7 heteroatoms. The van der Waals surface area contributed by atoms with Crippen LogP contribution in [0.5, 0.6) is 0 Å². The first-order valence-electron chi connectivity index (χ1n) is 5.51. The number of carbonyl (C=O) groups excluding carboxylic acids is 1. The highest BCUT2D eigenvalue weighted by atomic mass is 32.2. The van der Waals surface area contributed by atoms with Crippen LogP contribution < -0.4 is 0 Å². The highest BCUT2D eigenvalue weighted by Crippen LogP contribution is 2.18. The van der Waals surface area contributed by atoms with Gasteiger partial charge in [0.2, 0.25) is 5.91 Å². The largest absolute Gasteiger partial charge is 0.481 e. The maximum Gasteiger partial charge on any atom is 0.303 e. The van der Waals surface area contributed by atoms with Gasteiger partial charge in [-0.05, 0) is 6.42 Å². The fraction of sp³-hybridized carbons (Fsp3) is 0.636. The van der Waals surface area contributed by atoms with Gasteiger partial charge in [0.25, 0.3) is 0 Å². The van der Waals surface area contributed by atoms with Crippen LogP contribution in [0.1, 0.15) is 19.3 Å². The molecule has 0 aromatic rings. The number of amides is 1. The van der Waals surface area contributed by atoms with Crippen molar-refractivity contribution in [3.8, 4) is 12.3 Å². The third-order valence-electron chi connectivity index (χ3n) is 2.78. The summed E-state index contributed by atoms with van der Waals surface area (Å²) in [5.41, 5.74) is 0. The average Bonchev–Trinajstić information content (AvgIpc) is 2.63. The summed E-state index contributed by atoms with van der Waals surface area (Å²) in [6.45, 7) is 0.0125. The summed E-state index contributed by atoms with van der Waals surface area (Å²) < 4.78 is 22.7. The van der Waals surface area contributed by atoms with Gasteiger partial charge in [0, 0.05) is 12.5 Å². The van der Waals surface area contributed by atoms with Gasteiger partial charge in [0.05, 0.1) is 24.5 Å². The molecule has 1 rings (SSSR count). The zero-order valence-corrected chi connectivity index (χ0v) is 10.6. The van der Waals surface area contributed by atoms with Gasteiger partial charge in [-0.1, -0.05) is 5.92 Å². The molecule has 1 fully saturated rings. The SMILES string of the molecule is C#CCN(C(=O)CCC(=O)O)C1CCS(=O)(=O)C1. The van der Waals surface area contributed by atoms with Gasteiger partial charge in [-0.25, -0.2) is 8.42 Å². The second-order valence-electron chi connectivity index (χ2n) is 4.18. The van der Waals surface area contributed by atoms with E-state index in [2.05, 4.69) is 5.92 Å². The highest BCUT2D eigenvalue weighted by Gasteiger charge is 2.34. The van der Waals surface area contributed by atoms with Crippen LogP contribution in [0.25, 0.3) is 0 Å². The molecule has 1 unspecified atom stereocenters. The first-order valence-corrected chi connectivity index (χ1v) is 7.33. The van der Waals surface area contributed by atoms with Gasteiger partial charge in [-0.3, -0.25) is 9.59 Å². The molecule has 0 aromatic carbocycles. The molecule has 0 radical (unpaired) electrons. The van der Waals surface area contributed by atoms with Gasteiger partial charge < -0.3 is 10.0 Å². The molecular weight excluding hydrogens is 258 g/mol. The molecule has 1 N–H and O–H groups in total. The number of carboxylic acids is 1. The Labute approximate surface area is 106 Å². The molecule has 0 bridgehead atoms. The lowest BCUT2D eigenvalue weighted by atomic mass is 10.2. The Kier molecular flexibility index (Phi) is 4.73. The smallest absolute Gasteiger partial charge is 0.303 e. The van der Waals surface area contributed by atoms with Crippen molar-refractivity contribution in [1.82, 2.24) is 4.90 Å². The number of hydrogen-bond acceptors (Lipinski definition) is 4. The minimum absolute atomic E-state index is 0.0125. The predicted molar refractivity (Wildman–Crippen MR) is 64.5 cm³/mol. The molecule has 1 heterocycles. The second kappa shape index (κ2) is 5.87. The van der Waals surface area contributed by atoms with Crippen LogP contribution in [0.4, 0.5) is 0 Å². The number of rotatable bonds is 5. The topological polar surface area (TPSA) is 91.8 Å². The predicted octanol–water partition coefficient (Wildman–Crippen LogP) is -0.500. The standard InChI is InChI=1S/C11H15NO5S/c1-2-6-12(10(13)3-4-11(14)15)9-5-7-18(16,17)8-9/h1,9H,3-8H2,(H,14,15). The second-order valence-corrected chi connectivity index (χ2v) is 6.41. The van der Waals surface area contributed by atoms with Gasteiger partial charge in [0.15, 0.2) is 9.84 Å². The zero-order valence-electron chi connectivity index (χ0n) is 9.83. The van der Waals surface area contributed by atoms with Crippen LogP contribution in [0.3, 0.4) is 0 Å². The lowest BCUT2D eigenvalue weighted by Crippen LogP contribution is -2.41. The fourth-order valence-corrected chi connectivity index (χ4v) is 3.63. The van der Waals surface area contributed by atoms with Crippen molar-refractivity contribution in [2.45, 2.75) is 25.3 Å². The molecule has 0 saturated carbocycles. The number of carbonyl (C=O) groups is 2. The van der Waals surface area contributed by atoms with Gasteiger partial charge in [0.1, 0.15) is 0 Å². The van der Waals surface area contributed by atoms with E-state index in [-0.39, 0.29) is 30.9 Å². The Bertz CT molecular complexity index is 476. The fourth-order valence-electron chi connectivity index (χ4n) is 1.90. The summed E-state index contributed by atoms with van der Waals surface area (Å²) in [5.74, 6) is 0.788. The summed E-state index contributed by atoms with van der Waals surface area (Å²) >= 11 is 0. The van der Waals surface area contributed by atoms with Crippen molar-refractivity contribution in [3.63, 3.8) is 0 Å². The maximum atomic E-state index is 11.8. The van der Waals surface area contributed by atoms with Crippen molar-refractivity contribution >= 4 is 21.7 Å². The van der Waals surface area contributed by atoms with Gasteiger partial charge in [-0.15, -0.1) is 6.42 Å². The molecule has 1 aliphatic heterocycles. The quantitative estimate of drug-likeness (QED) is 0.682. The molecule has 0 aliphatic carbocycles. The van der Waals surface area contributed by atoms with E-state index in [0.29, 0.717) is 6.42 Å². The van der Waals surface area contributed by atoms with Gasteiger partial charge in [-0.2, -0.15) is 0 Å². The van der Waals surface area contributed by atoms with E-state index in [0.717, 1.165) is 0 Å². The van der Waals surface area contributed by atoms with E-state index in [1.807, 2.05) is 0 Å². The molecule has 6 nitrogen and oxygen atoms in total. The van der Waals surface area contributed by atoms with Crippen molar-refractivity contribution in [1.29, 1.82) is 0 Å². The minimum atomic E-state index is -3.10. The third-order valence-corrected chi connectivity index (χ3v) is 4.53. The van der Waals surface area contributed by atoms with Crippen molar-refractivity contribution in [2.24, 2.45) is 0 Å². The Hall–Kier alpha value is -1.55. The number of nitrogens with zero attached hydrogens (tertiary/aromatic N) is 1. The number of carboxylic acid groups (broad SMARTS) is 1. The van der Waals surface area contributed by atoms with Crippen LogP contribution in [0, 0.1) is 12.3 Å². The summed E-state index contributed by atoms with van der Waals surface area (Å²) in [4.78, 5) is 23.5. The van der Waals surface area contributed by atoms with E-state index >= 15 is 0 Å². The molecule has 1 saturated heterocycles. The number of aliphatic carboxylic acids is 1. The summed E-state index contributed by atoms with van der Waals surface area (Å²) in [7, 11) is -3.10. The summed E-state index contributed by atoms with van der Waals surface area (Å²) in [6, 6.07) is -0.424. The lowest BCUT2D eigenvalue weighted by molar-refractivity contribution is -0.141. The van der Waals surface area contributed by atoms with Gasteiger partial charge >= 0.3 is 5.97 Å². The number of hydrogen-bond donors (Lipinski definition) is 1. The maximum absolute atomic E-state index is 11.8. The van der Waals surface area contributed by atoms with Crippen LogP contribution in [-0.4, -0.2) is 54.4 Å². The number of terminal acetylenes is 1. The highest BCUT2D eigenvalue weighted by molar-refractivity contribution is 7.91. The molecule has 1 amide bonds. The molecule has 1 aliphatic rings. The van der Waals surface area contributed by atoms with Crippen LogP contribution >= 0.6 is 0 Å². The van der Waals surface area contributed by atoms with Crippen molar-refractivity contribution < 1.29 is 23.1 Å². The van der Waals surface area contributed by atoms with E-state index < -0.39 is 27.8 Å². The lowest BCUT2D eigenvalue weighted by Gasteiger charge is -2.26. The molecule has 0 aromatic heterocycles. The monoisotopic (exact) mass is 273 g/mol. The van der Waals surface area contributed by atoms with E-state index in [9.17, 15) is 18.0 Å². The first kappa shape index (κ1) is 14.5. The Morgan fingerprint density at radius 1 is 1.39 bits per heavy atom. The molecule has 100 valence electrons. The Balaban J connectivity index is 2.68. The van der Waals surface area contributed by atoms with Crippen molar-refractivity contribution in [2.75, 3.05) is 18.1 Å². The van der Waals surface area contributed by atoms with Crippen LogP contribution in [-0.2, 0) is 19.4 Å². The minimum Gasteiger partial charge on any atom is -0.481 e. The van der Waals surface area contributed by atoms with E-state index in [1.165, 1.54) is 4.90 Å². The molecule has 0 spiro atoms. The first-order chi connectivity index (χ1) is 8.35. The van der Waals surface area contributed by atoms with E-state index in [4.69, 9.17) is 11.5 Å². The third kappa shape index (κ3) is 4.04. The zero-order chi connectivity index (χ0) is 13.8. The number of sulfone groups is 1.